The first-order valence-electron chi connectivity index (χ1n) is 5.83. The Morgan fingerprint density at radius 2 is 2.35 bits per heavy atom. The van der Waals surface area contributed by atoms with Crippen molar-refractivity contribution in [2.45, 2.75) is 25.9 Å². The second-order valence-electron chi connectivity index (χ2n) is 4.42. The van der Waals surface area contributed by atoms with E-state index in [4.69, 9.17) is 4.74 Å². The molecule has 1 aliphatic carbocycles. The molecule has 1 atom stereocenters. The summed E-state index contributed by atoms with van der Waals surface area (Å²) in [7, 11) is 0. The number of carbonyl (C=O) groups excluding carboxylic acids is 1. The number of rotatable bonds is 5. The highest BCUT2D eigenvalue weighted by Gasteiger charge is 2.24. The third kappa shape index (κ3) is 4.13. The quantitative estimate of drug-likeness (QED) is 0.906. The molecule has 92 valence electrons. The average molecular weight is 298 g/mol. The van der Waals surface area contributed by atoms with Crippen molar-refractivity contribution in [2.24, 2.45) is 5.92 Å². The summed E-state index contributed by atoms with van der Waals surface area (Å²) in [4.78, 5) is 11.8. The molecule has 17 heavy (non-hydrogen) atoms. The summed E-state index contributed by atoms with van der Waals surface area (Å²) in [6.45, 7) is 2.49. The van der Waals surface area contributed by atoms with Gasteiger partial charge in [0.2, 0.25) is 0 Å². The third-order valence-corrected chi connectivity index (χ3v) is 3.23. The lowest BCUT2D eigenvalue weighted by atomic mass is 10.3. The minimum Gasteiger partial charge on any atom is -0.368 e. The van der Waals surface area contributed by atoms with Crippen molar-refractivity contribution >= 4 is 27.5 Å². The Balaban J connectivity index is 1.82. The zero-order chi connectivity index (χ0) is 12.3. The van der Waals surface area contributed by atoms with Crippen LogP contribution < -0.4 is 5.32 Å². The Labute approximate surface area is 110 Å². The molecule has 0 aromatic heterocycles. The zero-order valence-electron chi connectivity index (χ0n) is 9.78. The molecular weight excluding hydrogens is 282 g/mol. The van der Waals surface area contributed by atoms with Gasteiger partial charge in [0.05, 0.1) is 6.61 Å². The van der Waals surface area contributed by atoms with E-state index in [1.807, 2.05) is 24.3 Å². The Kier molecular flexibility index (Phi) is 4.18. The van der Waals surface area contributed by atoms with Crippen LogP contribution in [0.1, 0.15) is 19.8 Å². The Bertz CT molecular complexity index is 404. The fourth-order valence-electron chi connectivity index (χ4n) is 1.45. The van der Waals surface area contributed by atoms with E-state index in [9.17, 15) is 4.79 Å². The van der Waals surface area contributed by atoms with E-state index in [1.54, 1.807) is 6.92 Å². The van der Waals surface area contributed by atoms with Crippen LogP contribution in [0.5, 0.6) is 0 Å². The number of hydrogen-bond donors (Lipinski definition) is 1. The lowest BCUT2D eigenvalue weighted by Gasteiger charge is -2.13. The maximum Gasteiger partial charge on any atom is 0.253 e. The number of carbonyl (C=O) groups is 1. The number of anilines is 1. The number of benzene rings is 1. The fourth-order valence-corrected chi connectivity index (χ4v) is 1.85. The SMILES string of the molecule is CC(OCC1CC1)C(=O)Nc1cccc(Br)c1. The van der Waals surface area contributed by atoms with Crippen LogP contribution in [0.3, 0.4) is 0 Å². The number of amides is 1. The lowest BCUT2D eigenvalue weighted by molar-refractivity contribution is -0.126. The van der Waals surface area contributed by atoms with Crippen molar-refractivity contribution < 1.29 is 9.53 Å². The molecule has 1 amide bonds. The fraction of sp³-hybridized carbons (Fsp3) is 0.462. The first-order chi connectivity index (χ1) is 8.15. The molecule has 0 radical (unpaired) electrons. The Morgan fingerprint density at radius 3 is 3.00 bits per heavy atom. The van der Waals surface area contributed by atoms with Crippen LogP contribution in [0.15, 0.2) is 28.7 Å². The van der Waals surface area contributed by atoms with Crippen LogP contribution in [0.4, 0.5) is 5.69 Å². The van der Waals surface area contributed by atoms with E-state index in [2.05, 4.69) is 21.2 Å². The van der Waals surface area contributed by atoms with Gasteiger partial charge in [0, 0.05) is 10.2 Å². The minimum absolute atomic E-state index is 0.0937. The Morgan fingerprint density at radius 1 is 1.59 bits per heavy atom. The molecule has 0 heterocycles. The van der Waals surface area contributed by atoms with Gasteiger partial charge in [-0.05, 0) is 43.9 Å². The summed E-state index contributed by atoms with van der Waals surface area (Å²) in [5.41, 5.74) is 0.784. The topological polar surface area (TPSA) is 38.3 Å². The predicted octanol–water partition coefficient (Wildman–Crippen LogP) is 3.20. The van der Waals surface area contributed by atoms with Gasteiger partial charge in [-0.1, -0.05) is 22.0 Å². The molecule has 1 N–H and O–H groups in total. The van der Waals surface area contributed by atoms with E-state index >= 15 is 0 Å². The van der Waals surface area contributed by atoms with Gasteiger partial charge in [0.1, 0.15) is 6.10 Å². The van der Waals surface area contributed by atoms with Crippen LogP contribution in [0, 0.1) is 5.92 Å². The van der Waals surface area contributed by atoms with Gasteiger partial charge in [-0.25, -0.2) is 0 Å². The Hall–Kier alpha value is -0.870. The van der Waals surface area contributed by atoms with Gasteiger partial charge in [0.15, 0.2) is 0 Å². The molecule has 0 aliphatic heterocycles. The highest BCUT2D eigenvalue weighted by molar-refractivity contribution is 9.10. The van der Waals surface area contributed by atoms with Crippen molar-refractivity contribution in [1.82, 2.24) is 0 Å². The smallest absolute Gasteiger partial charge is 0.253 e. The molecule has 1 aliphatic rings. The van der Waals surface area contributed by atoms with Crippen LogP contribution in [0.25, 0.3) is 0 Å². The van der Waals surface area contributed by atoms with E-state index in [1.165, 1.54) is 12.8 Å². The summed E-state index contributed by atoms with van der Waals surface area (Å²) in [6, 6.07) is 7.53. The molecule has 0 spiro atoms. The summed E-state index contributed by atoms with van der Waals surface area (Å²) >= 11 is 3.36. The van der Waals surface area contributed by atoms with Gasteiger partial charge in [-0.3, -0.25) is 4.79 Å². The van der Waals surface area contributed by atoms with Gasteiger partial charge < -0.3 is 10.1 Å². The summed E-state index contributed by atoms with van der Waals surface area (Å²) in [5.74, 6) is 0.583. The first kappa shape index (κ1) is 12.6. The molecular formula is C13H16BrNO2. The number of halogens is 1. The molecule has 1 aromatic carbocycles. The van der Waals surface area contributed by atoms with Crippen LogP contribution in [-0.4, -0.2) is 18.6 Å². The van der Waals surface area contributed by atoms with Gasteiger partial charge in [-0.15, -0.1) is 0 Å². The van der Waals surface area contributed by atoms with Crippen LogP contribution >= 0.6 is 15.9 Å². The normalized spacial score (nSPS) is 16.6. The van der Waals surface area contributed by atoms with Crippen molar-refractivity contribution in [3.63, 3.8) is 0 Å². The molecule has 1 aromatic rings. The van der Waals surface area contributed by atoms with Crippen molar-refractivity contribution in [1.29, 1.82) is 0 Å². The van der Waals surface area contributed by atoms with Crippen molar-refractivity contribution in [3.8, 4) is 0 Å². The molecule has 1 saturated carbocycles. The zero-order valence-corrected chi connectivity index (χ0v) is 11.4. The largest absolute Gasteiger partial charge is 0.368 e. The maximum atomic E-state index is 11.8. The highest BCUT2D eigenvalue weighted by Crippen LogP contribution is 2.29. The van der Waals surface area contributed by atoms with E-state index < -0.39 is 6.10 Å². The molecule has 4 heteroatoms. The molecule has 0 bridgehead atoms. The van der Waals surface area contributed by atoms with Gasteiger partial charge >= 0.3 is 0 Å². The maximum absolute atomic E-state index is 11.8. The summed E-state index contributed by atoms with van der Waals surface area (Å²) in [6.07, 6.45) is 2.08. The van der Waals surface area contributed by atoms with E-state index in [0.29, 0.717) is 12.5 Å². The highest BCUT2D eigenvalue weighted by atomic mass is 79.9. The van der Waals surface area contributed by atoms with E-state index in [0.717, 1.165) is 10.2 Å². The van der Waals surface area contributed by atoms with Crippen LogP contribution in [-0.2, 0) is 9.53 Å². The van der Waals surface area contributed by atoms with Crippen molar-refractivity contribution in [2.75, 3.05) is 11.9 Å². The third-order valence-electron chi connectivity index (χ3n) is 2.74. The lowest BCUT2D eigenvalue weighted by Crippen LogP contribution is -2.28. The number of nitrogens with one attached hydrogen (secondary N) is 1. The molecule has 1 unspecified atom stereocenters. The number of ether oxygens (including phenoxy) is 1. The average Bonchev–Trinajstić information content (AvgIpc) is 3.09. The van der Waals surface area contributed by atoms with E-state index in [-0.39, 0.29) is 5.91 Å². The van der Waals surface area contributed by atoms with Gasteiger partial charge in [0.25, 0.3) is 5.91 Å². The molecule has 0 saturated heterocycles. The molecule has 1 fully saturated rings. The van der Waals surface area contributed by atoms with Gasteiger partial charge in [-0.2, -0.15) is 0 Å². The standard InChI is InChI=1S/C13H16BrNO2/c1-9(17-8-10-5-6-10)13(16)15-12-4-2-3-11(14)7-12/h2-4,7,9-10H,5-6,8H2,1H3,(H,15,16). The molecule has 3 nitrogen and oxygen atoms in total. The second-order valence-corrected chi connectivity index (χ2v) is 5.33. The number of hydrogen-bond acceptors (Lipinski definition) is 2. The summed E-state index contributed by atoms with van der Waals surface area (Å²) < 4.78 is 6.45. The predicted molar refractivity (Wildman–Crippen MR) is 70.9 cm³/mol. The van der Waals surface area contributed by atoms with Crippen molar-refractivity contribution in [3.05, 3.63) is 28.7 Å². The first-order valence-corrected chi connectivity index (χ1v) is 6.62. The minimum atomic E-state index is -0.394. The monoisotopic (exact) mass is 297 g/mol. The summed E-state index contributed by atoms with van der Waals surface area (Å²) in [5, 5.41) is 2.83. The second kappa shape index (κ2) is 5.65. The molecule has 2 rings (SSSR count). The van der Waals surface area contributed by atoms with Crippen LogP contribution in [0.2, 0.25) is 0 Å².